The Kier molecular flexibility index (Phi) is 4350. The molecule has 106 valence electrons. The first-order valence-corrected chi connectivity index (χ1v) is 0. The molecule has 0 atom stereocenters. The smallest absolute Gasteiger partial charge is 1.00 e. The van der Waals surface area contributed by atoms with Crippen molar-refractivity contribution in [3.8, 4) is 0 Å². The predicted octanol–water partition coefficient (Wildman–Crippen LogP) is -36.7. The van der Waals surface area contributed by atoms with Crippen LogP contribution in [0.15, 0.2) is 0 Å². The van der Waals surface area contributed by atoms with Crippen LogP contribution in [0, 0.1) is 0 Å². The summed E-state index contributed by atoms with van der Waals surface area (Å²) in [5.41, 5.74) is 0. The Morgan fingerprint density at radius 1 is 0.267 bits per heavy atom. The molecule has 0 radical (unpaired) electrons. The molecule has 0 saturated heterocycles. The molecule has 0 heterocycles. The number of halogens is 12. The molecule has 0 rings (SSSR count). The van der Waals surface area contributed by atoms with E-state index in [1.54, 1.807) is 0 Å². The van der Waals surface area contributed by atoms with Crippen molar-refractivity contribution in [2.24, 2.45) is 0 Å². The van der Waals surface area contributed by atoms with Crippen LogP contribution in [0.4, 0.5) is 0 Å². The standard InChI is InChI=1S/12ClH.Mo.H6P.V/h12*1H;;1H6;/q;;;;;;;;;;;;+4;+3;+5/p-12. The molecule has 0 unspecified atom stereocenters. The maximum Gasteiger partial charge on any atom is 5.00 e. The molecular weight excluding hydrogens is 603 g/mol. The zero-order valence-electron chi connectivity index (χ0n) is 5.39. The van der Waals surface area contributed by atoms with E-state index in [0.29, 0.717) is 0 Å². The summed E-state index contributed by atoms with van der Waals surface area (Å²) in [7, 11) is 0. The van der Waals surface area contributed by atoms with Crippen LogP contribution in [0.25, 0.3) is 0 Å². The SMILES string of the molecule is [Cl-].[Cl-].[Cl-].[Cl-].[Cl-].[Cl-].[Cl-].[Cl-].[Cl-].[Cl-].[Cl-].[Cl-].[Mo+4].[PH6+3].[V+5]. The molecule has 0 aliphatic carbocycles. The van der Waals surface area contributed by atoms with Gasteiger partial charge in [0.2, 0.25) is 0 Å². The van der Waals surface area contributed by atoms with Crippen LogP contribution in [0.2, 0.25) is 0 Å². The number of rotatable bonds is 0. The normalized spacial score (nSPS) is 0. The Morgan fingerprint density at radius 3 is 0.267 bits per heavy atom. The monoisotopic (exact) mass is 605 g/mol. The molecule has 0 aliphatic rings. The van der Waals surface area contributed by atoms with Gasteiger partial charge in [0.1, 0.15) is 0 Å². The van der Waals surface area contributed by atoms with Gasteiger partial charge in [-0.15, -0.1) is 0 Å². The Labute approximate surface area is 195 Å². The van der Waals surface area contributed by atoms with E-state index < -0.39 is 0 Å². The van der Waals surface area contributed by atoms with E-state index in [2.05, 4.69) is 0 Å². The van der Waals surface area contributed by atoms with Crippen LogP contribution in [0.3, 0.4) is 0 Å². The molecule has 15 heavy (non-hydrogen) atoms. The zero-order chi connectivity index (χ0) is 0. The summed E-state index contributed by atoms with van der Waals surface area (Å²) in [5.74, 6) is 0. The van der Waals surface area contributed by atoms with Gasteiger partial charge in [-0.1, -0.05) is 0 Å². The Hall–Kier alpha value is 5.18. The van der Waals surface area contributed by atoms with E-state index in [0.717, 1.165) is 0 Å². The third kappa shape index (κ3) is 211. The van der Waals surface area contributed by atoms with E-state index >= 15 is 0 Å². The topological polar surface area (TPSA) is 0 Å². The summed E-state index contributed by atoms with van der Waals surface area (Å²) in [6.45, 7) is 0. The molecule has 15 heteroatoms. The molecule has 0 spiro atoms. The fraction of sp³-hybridized carbons (Fsp3) is 0. The van der Waals surface area contributed by atoms with Crippen molar-refractivity contribution in [2.75, 3.05) is 0 Å². The van der Waals surface area contributed by atoms with Crippen molar-refractivity contribution >= 4 is 9.90 Å². The Bertz CT molecular complexity index is 15.6. The molecule has 0 bridgehead atoms. The van der Waals surface area contributed by atoms with Gasteiger partial charge >= 0.3 is 39.6 Å². The van der Waals surface area contributed by atoms with Gasteiger partial charge < -0.3 is 149 Å². The van der Waals surface area contributed by atoms with E-state index in [9.17, 15) is 0 Å². The first kappa shape index (κ1) is 276. The van der Waals surface area contributed by atoms with Gasteiger partial charge in [-0.3, -0.25) is 9.90 Å². The van der Waals surface area contributed by atoms with Crippen LogP contribution in [-0.2, 0) is 39.6 Å². The molecule has 0 nitrogen and oxygen atoms in total. The van der Waals surface area contributed by atoms with Gasteiger partial charge in [0, 0.05) is 0 Å². The van der Waals surface area contributed by atoms with Gasteiger partial charge in [-0.05, 0) is 0 Å². The molecule has 0 aromatic rings. The van der Waals surface area contributed by atoms with Crippen molar-refractivity contribution in [1.82, 2.24) is 0 Å². The summed E-state index contributed by atoms with van der Waals surface area (Å²) < 4.78 is 0. The van der Waals surface area contributed by atoms with Crippen LogP contribution in [-0.4, -0.2) is 0 Å². The minimum atomic E-state index is 0. The molecule has 0 fully saturated rings. The first-order valence-electron chi connectivity index (χ1n) is 0. The van der Waals surface area contributed by atoms with Crippen molar-refractivity contribution < 1.29 is 189 Å². The molecule has 0 N–H and O–H groups in total. The van der Waals surface area contributed by atoms with Crippen LogP contribution in [0.5, 0.6) is 0 Å². The third-order valence-corrected chi connectivity index (χ3v) is 0. The van der Waals surface area contributed by atoms with E-state index in [1.807, 2.05) is 0 Å². The van der Waals surface area contributed by atoms with Gasteiger partial charge in [-0.25, -0.2) is 0 Å². The zero-order valence-corrected chi connectivity index (χ0v) is 17.9. The fourth-order valence-corrected chi connectivity index (χ4v) is 0. The van der Waals surface area contributed by atoms with Crippen molar-refractivity contribution in [3.05, 3.63) is 0 Å². The number of hydrogen-bond donors (Lipinski definition) is 0. The number of hydrogen-bond acceptors (Lipinski definition) is 0. The third-order valence-electron chi connectivity index (χ3n) is 0. The fourth-order valence-electron chi connectivity index (χ4n) is 0. The molecule has 0 saturated carbocycles. The Morgan fingerprint density at radius 2 is 0.267 bits per heavy atom. The Balaban J connectivity index is 0. The summed E-state index contributed by atoms with van der Waals surface area (Å²) in [6.07, 6.45) is 0. The van der Waals surface area contributed by atoms with Crippen molar-refractivity contribution in [1.29, 1.82) is 0 Å². The second-order valence-electron chi connectivity index (χ2n) is 0. The van der Waals surface area contributed by atoms with E-state index in [1.165, 1.54) is 0 Å². The van der Waals surface area contributed by atoms with Gasteiger partial charge in [0.15, 0.2) is 0 Å². The van der Waals surface area contributed by atoms with Crippen molar-refractivity contribution in [2.45, 2.75) is 0 Å². The summed E-state index contributed by atoms with van der Waals surface area (Å²) in [6, 6.07) is 0. The van der Waals surface area contributed by atoms with Crippen LogP contribution < -0.4 is 149 Å². The summed E-state index contributed by atoms with van der Waals surface area (Å²) in [4.78, 5) is 0. The van der Waals surface area contributed by atoms with Gasteiger partial charge in [0.25, 0.3) is 0 Å². The van der Waals surface area contributed by atoms with E-state index in [-0.39, 0.29) is 198 Å². The van der Waals surface area contributed by atoms with Crippen LogP contribution in [0.1, 0.15) is 0 Å². The first-order chi connectivity index (χ1) is 0. The second-order valence-corrected chi connectivity index (χ2v) is 0. The second kappa shape index (κ2) is 236. The summed E-state index contributed by atoms with van der Waals surface area (Å²) in [5, 5.41) is 0. The maximum absolute atomic E-state index is 0. The van der Waals surface area contributed by atoms with Crippen molar-refractivity contribution in [3.63, 3.8) is 0 Å². The minimum Gasteiger partial charge on any atom is -1.00 e. The van der Waals surface area contributed by atoms with Gasteiger partial charge in [0.05, 0.1) is 0 Å². The average molecular weight is 609 g/mol. The predicted molar refractivity (Wildman–Crippen MR) is 15.3 cm³/mol. The quantitative estimate of drug-likeness (QED) is 0.189. The molecule has 0 aromatic heterocycles. The molecule has 0 amide bonds. The largest absolute Gasteiger partial charge is 5.00 e. The average Bonchev–Trinajstić information content (AvgIpc) is 0. The summed E-state index contributed by atoms with van der Waals surface area (Å²) >= 11 is 0. The van der Waals surface area contributed by atoms with Crippen LogP contribution >= 0.6 is 9.90 Å². The molecule has 0 aliphatic heterocycles. The molecular formula is H6Cl12MoPV. The molecule has 0 aromatic carbocycles. The maximum atomic E-state index is 0. The van der Waals surface area contributed by atoms with E-state index in [4.69, 9.17) is 0 Å². The minimum absolute atomic E-state index is 0. The van der Waals surface area contributed by atoms with Gasteiger partial charge in [-0.2, -0.15) is 0 Å².